The van der Waals surface area contributed by atoms with E-state index in [1.807, 2.05) is 26.0 Å². The molecule has 1 unspecified atom stereocenters. The van der Waals surface area contributed by atoms with Gasteiger partial charge in [-0.1, -0.05) is 23.7 Å². The third-order valence-electron chi connectivity index (χ3n) is 4.77. The van der Waals surface area contributed by atoms with Gasteiger partial charge in [0.15, 0.2) is 0 Å². The maximum atomic E-state index is 12.7. The van der Waals surface area contributed by atoms with E-state index in [-0.39, 0.29) is 17.9 Å². The van der Waals surface area contributed by atoms with Crippen LogP contribution >= 0.6 is 11.6 Å². The molecule has 2 aromatic carbocycles. The highest BCUT2D eigenvalue weighted by Gasteiger charge is 2.30. The summed E-state index contributed by atoms with van der Waals surface area (Å²) >= 11 is 5.93. The highest BCUT2D eigenvalue weighted by atomic mass is 35.5. The lowest BCUT2D eigenvalue weighted by atomic mass is 9.83. The summed E-state index contributed by atoms with van der Waals surface area (Å²) in [5.41, 5.74) is 1.50. The van der Waals surface area contributed by atoms with Gasteiger partial charge in [-0.05, 0) is 68.7 Å². The van der Waals surface area contributed by atoms with Gasteiger partial charge >= 0.3 is 0 Å². The van der Waals surface area contributed by atoms with E-state index in [9.17, 15) is 9.59 Å². The molecule has 0 aromatic heterocycles. The van der Waals surface area contributed by atoms with Crippen molar-refractivity contribution < 1.29 is 14.3 Å². The summed E-state index contributed by atoms with van der Waals surface area (Å²) in [6.45, 7) is 4.36. The van der Waals surface area contributed by atoms with E-state index in [1.165, 1.54) is 0 Å². The molecule has 2 aromatic rings. The molecule has 1 heterocycles. The average molecular weight is 387 g/mol. The summed E-state index contributed by atoms with van der Waals surface area (Å²) in [6, 6.07) is 14.3. The van der Waals surface area contributed by atoms with E-state index in [1.54, 1.807) is 36.4 Å². The Morgan fingerprint density at radius 1 is 1.00 bits per heavy atom. The van der Waals surface area contributed by atoms with Crippen molar-refractivity contribution in [3.63, 3.8) is 0 Å². The van der Waals surface area contributed by atoms with Gasteiger partial charge in [0.25, 0.3) is 5.91 Å². The molecule has 27 heavy (non-hydrogen) atoms. The molecule has 142 valence electrons. The highest BCUT2D eigenvalue weighted by Crippen LogP contribution is 2.27. The van der Waals surface area contributed by atoms with Gasteiger partial charge in [0.2, 0.25) is 5.91 Å². The number of rotatable bonds is 5. The SMILES string of the molecule is CC(C)(C(=O)Nc1ccc(NC(=O)C2CCCO2)cc1)c1ccc(Cl)cc1. The van der Waals surface area contributed by atoms with Gasteiger partial charge in [-0.25, -0.2) is 0 Å². The Morgan fingerprint density at radius 2 is 1.59 bits per heavy atom. The third kappa shape index (κ3) is 4.67. The molecule has 1 saturated heterocycles. The lowest BCUT2D eigenvalue weighted by molar-refractivity contribution is -0.124. The Hall–Kier alpha value is -2.37. The summed E-state index contributed by atoms with van der Waals surface area (Å²) in [4.78, 5) is 24.8. The maximum absolute atomic E-state index is 12.7. The van der Waals surface area contributed by atoms with Crippen LogP contribution in [0.5, 0.6) is 0 Å². The van der Waals surface area contributed by atoms with Gasteiger partial charge in [-0.2, -0.15) is 0 Å². The lowest BCUT2D eigenvalue weighted by Crippen LogP contribution is -2.34. The molecule has 0 aliphatic carbocycles. The van der Waals surface area contributed by atoms with E-state index >= 15 is 0 Å². The number of hydrogen-bond acceptors (Lipinski definition) is 3. The Bertz CT molecular complexity index is 810. The highest BCUT2D eigenvalue weighted by molar-refractivity contribution is 6.30. The van der Waals surface area contributed by atoms with Crippen LogP contribution < -0.4 is 10.6 Å². The fourth-order valence-corrected chi connectivity index (χ4v) is 3.06. The number of anilines is 2. The molecule has 0 radical (unpaired) electrons. The van der Waals surface area contributed by atoms with E-state index in [0.29, 0.717) is 23.0 Å². The molecule has 2 amide bonds. The average Bonchev–Trinajstić information content (AvgIpc) is 3.18. The Morgan fingerprint density at radius 3 is 2.15 bits per heavy atom. The molecule has 6 heteroatoms. The smallest absolute Gasteiger partial charge is 0.253 e. The Labute approximate surface area is 164 Å². The molecule has 5 nitrogen and oxygen atoms in total. The van der Waals surface area contributed by atoms with Crippen LogP contribution in [0.4, 0.5) is 11.4 Å². The first kappa shape index (κ1) is 19.4. The molecule has 1 aliphatic heterocycles. The number of ether oxygens (including phenoxy) is 1. The molecular formula is C21H23ClN2O3. The summed E-state index contributed by atoms with van der Waals surface area (Å²) < 4.78 is 5.37. The van der Waals surface area contributed by atoms with Crippen LogP contribution in [0.1, 0.15) is 32.3 Å². The molecule has 1 atom stereocenters. The molecule has 1 fully saturated rings. The largest absolute Gasteiger partial charge is 0.368 e. The van der Waals surface area contributed by atoms with Crippen molar-refractivity contribution in [2.75, 3.05) is 17.2 Å². The fourth-order valence-electron chi connectivity index (χ4n) is 2.93. The fraction of sp³-hybridized carbons (Fsp3) is 0.333. The third-order valence-corrected chi connectivity index (χ3v) is 5.02. The second-order valence-corrected chi connectivity index (χ2v) is 7.59. The summed E-state index contributed by atoms with van der Waals surface area (Å²) in [6.07, 6.45) is 1.29. The molecule has 0 saturated carbocycles. The van der Waals surface area contributed by atoms with Crippen molar-refractivity contribution in [1.82, 2.24) is 0 Å². The number of carbonyl (C=O) groups excluding carboxylic acids is 2. The first-order valence-corrected chi connectivity index (χ1v) is 9.34. The molecule has 0 bridgehead atoms. The van der Waals surface area contributed by atoms with Gasteiger partial charge in [0.05, 0.1) is 5.41 Å². The second-order valence-electron chi connectivity index (χ2n) is 7.15. The number of nitrogens with one attached hydrogen (secondary N) is 2. The summed E-state index contributed by atoms with van der Waals surface area (Å²) in [5.74, 6) is -0.255. The van der Waals surface area contributed by atoms with Crippen molar-refractivity contribution >= 4 is 34.8 Å². The van der Waals surface area contributed by atoms with Crippen molar-refractivity contribution in [1.29, 1.82) is 0 Å². The van der Waals surface area contributed by atoms with Crippen molar-refractivity contribution in [2.24, 2.45) is 0 Å². The van der Waals surface area contributed by atoms with Crippen molar-refractivity contribution in [2.45, 2.75) is 38.2 Å². The first-order chi connectivity index (χ1) is 12.9. The number of halogens is 1. The normalized spacial score (nSPS) is 16.8. The number of amides is 2. The molecule has 3 rings (SSSR count). The molecule has 1 aliphatic rings. The van der Waals surface area contributed by atoms with Crippen LogP contribution in [-0.4, -0.2) is 24.5 Å². The first-order valence-electron chi connectivity index (χ1n) is 8.96. The number of benzene rings is 2. The van der Waals surface area contributed by atoms with Crippen LogP contribution in [-0.2, 0) is 19.7 Å². The van der Waals surface area contributed by atoms with Crippen LogP contribution in [0.25, 0.3) is 0 Å². The van der Waals surface area contributed by atoms with Gasteiger partial charge in [0.1, 0.15) is 6.10 Å². The maximum Gasteiger partial charge on any atom is 0.253 e. The van der Waals surface area contributed by atoms with Crippen molar-refractivity contribution in [3.8, 4) is 0 Å². The minimum Gasteiger partial charge on any atom is -0.368 e. The van der Waals surface area contributed by atoms with Gasteiger partial charge in [-0.15, -0.1) is 0 Å². The van der Waals surface area contributed by atoms with E-state index in [2.05, 4.69) is 10.6 Å². The van der Waals surface area contributed by atoms with Gasteiger partial charge < -0.3 is 15.4 Å². The Kier molecular flexibility index (Phi) is 5.82. The topological polar surface area (TPSA) is 67.4 Å². The second kappa shape index (κ2) is 8.11. The summed E-state index contributed by atoms with van der Waals surface area (Å²) in [7, 11) is 0. The molecule has 0 spiro atoms. The van der Waals surface area contributed by atoms with E-state index in [4.69, 9.17) is 16.3 Å². The number of carbonyl (C=O) groups is 2. The quantitative estimate of drug-likeness (QED) is 0.801. The minimum atomic E-state index is -0.711. The lowest BCUT2D eigenvalue weighted by Gasteiger charge is -2.24. The van der Waals surface area contributed by atoms with Gasteiger partial charge in [0, 0.05) is 23.0 Å². The Balaban J connectivity index is 1.62. The molecule has 2 N–H and O–H groups in total. The predicted octanol–water partition coefficient (Wildman–Crippen LogP) is 4.37. The minimum absolute atomic E-state index is 0.124. The zero-order valence-electron chi connectivity index (χ0n) is 15.4. The number of hydrogen-bond donors (Lipinski definition) is 2. The van der Waals surface area contributed by atoms with Crippen LogP contribution in [0.2, 0.25) is 5.02 Å². The van der Waals surface area contributed by atoms with Crippen LogP contribution in [0.15, 0.2) is 48.5 Å². The van der Waals surface area contributed by atoms with E-state index in [0.717, 1.165) is 18.4 Å². The molecular weight excluding hydrogens is 364 g/mol. The van der Waals surface area contributed by atoms with Crippen LogP contribution in [0, 0.1) is 0 Å². The zero-order chi connectivity index (χ0) is 19.4. The van der Waals surface area contributed by atoms with Gasteiger partial charge in [-0.3, -0.25) is 9.59 Å². The monoisotopic (exact) mass is 386 g/mol. The van der Waals surface area contributed by atoms with Crippen molar-refractivity contribution in [3.05, 3.63) is 59.1 Å². The van der Waals surface area contributed by atoms with E-state index < -0.39 is 5.41 Å². The standard InChI is InChI=1S/C21H23ClN2O3/c1-21(2,14-5-7-15(22)8-6-14)20(26)24-17-11-9-16(10-12-17)23-19(25)18-4-3-13-27-18/h5-12,18H,3-4,13H2,1-2H3,(H,23,25)(H,24,26). The zero-order valence-corrected chi connectivity index (χ0v) is 16.2. The summed E-state index contributed by atoms with van der Waals surface area (Å²) in [5, 5.41) is 6.39. The predicted molar refractivity (Wildman–Crippen MR) is 107 cm³/mol. The van der Waals surface area contributed by atoms with Crippen LogP contribution in [0.3, 0.4) is 0 Å².